The van der Waals surface area contributed by atoms with E-state index in [9.17, 15) is 4.79 Å². The minimum Gasteiger partial charge on any atom is -0.291 e. The maximum Gasteiger partial charge on any atom is 0.197 e. The fourth-order valence-corrected chi connectivity index (χ4v) is 6.26. The molecule has 0 aromatic carbocycles. The topological polar surface area (TPSA) is 29.4 Å². The first-order valence-corrected chi connectivity index (χ1v) is 16.3. The third-order valence-corrected chi connectivity index (χ3v) is 6.52. The summed E-state index contributed by atoms with van der Waals surface area (Å²) < 4.78 is 0. The van der Waals surface area contributed by atoms with E-state index in [1.54, 1.807) is 5.57 Å². The van der Waals surface area contributed by atoms with Crippen LogP contribution in [0.25, 0.3) is 0 Å². The van der Waals surface area contributed by atoms with Crippen molar-refractivity contribution in [1.29, 1.82) is 0 Å². The van der Waals surface area contributed by atoms with Gasteiger partial charge in [0.15, 0.2) is 11.0 Å². The lowest BCUT2D eigenvalue weighted by Crippen LogP contribution is -2.26. The molecule has 5 heteroatoms. The zero-order valence-corrected chi connectivity index (χ0v) is 19.4. The number of rotatable bonds is 8. The van der Waals surface area contributed by atoms with Crippen LogP contribution in [0.5, 0.6) is 0 Å². The SMILES string of the molecule is CC(C)(C)C(=O)C(Cl)=NCCC=C(C[Si](C)(C)C)C[Si](C)(C)C. The minimum atomic E-state index is -1.11. The van der Waals surface area contributed by atoms with Gasteiger partial charge in [-0.2, -0.15) is 0 Å². The molecule has 0 aliphatic rings. The molecule has 0 fully saturated rings. The van der Waals surface area contributed by atoms with Gasteiger partial charge < -0.3 is 0 Å². The fourth-order valence-electron chi connectivity index (χ4n) is 2.38. The van der Waals surface area contributed by atoms with Crippen LogP contribution in [0.4, 0.5) is 0 Å². The number of halogens is 1. The molecule has 0 unspecified atom stereocenters. The molecule has 0 rings (SSSR count). The van der Waals surface area contributed by atoms with Crippen molar-refractivity contribution in [2.24, 2.45) is 10.4 Å². The number of carbonyl (C=O) groups is 1. The molecule has 0 aliphatic carbocycles. The highest BCUT2D eigenvalue weighted by molar-refractivity contribution is 6.83. The molecule has 0 radical (unpaired) electrons. The van der Waals surface area contributed by atoms with Gasteiger partial charge in [0, 0.05) is 28.1 Å². The number of hydrogen-bond donors (Lipinski definition) is 0. The normalized spacial score (nSPS) is 13.9. The Morgan fingerprint density at radius 3 is 1.78 bits per heavy atom. The van der Waals surface area contributed by atoms with Gasteiger partial charge >= 0.3 is 0 Å². The second-order valence-electron chi connectivity index (χ2n) is 9.88. The van der Waals surface area contributed by atoms with E-state index in [1.165, 1.54) is 12.1 Å². The highest BCUT2D eigenvalue weighted by atomic mass is 35.5. The van der Waals surface area contributed by atoms with Crippen LogP contribution < -0.4 is 0 Å². The Labute approximate surface area is 150 Å². The second kappa shape index (κ2) is 8.77. The van der Waals surface area contributed by atoms with E-state index in [1.807, 2.05) is 20.8 Å². The summed E-state index contributed by atoms with van der Waals surface area (Å²) in [6, 6.07) is 2.52. The summed E-state index contributed by atoms with van der Waals surface area (Å²) in [4.78, 5) is 16.3. The first-order chi connectivity index (χ1) is 10.1. The quantitative estimate of drug-likeness (QED) is 0.214. The molecule has 134 valence electrons. The molecule has 0 aliphatic heterocycles. The van der Waals surface area contributed by atoms with Crippen LogP contribution in [-0.4, -0.2) is 33.6 Å². The number of ketones is 1. The van der Waals surface area contributed by atoms with E-state index in [-0.39, 0.29) is 11.0 Å². The summed E-state index contributed by atoms with van der Waals surface area (Å²) in [6.07, 6.45) is 3.23. The maximum atomic E-state index is 12.0. The van der Waals surface area contributed by atoms with E-state index in [0.29, 0.717) is 6.54 Å². The highest BCUT2D eigenvalue weighted by Gasteiger charge is 2.25. The third-order valence-electron chi connectivity index (χ3n) is 3.20. The molecular weight excluding hydrogens is 338 g/mol. The van der Waals surface area contributed by atoms with E-state index >= 15 is 0 Å². The van der Waals surface area contributed by atoms with Gasteiger partial charge in [-0.1, -0.05) is 83.3 Å². The molecule has 0 aromatic heterocycles. The first kappa shape index (κ1) is 22.8. The molecule has 0 bridgehead atoms. The average Bonchev–Trinajstić information content (AvgIpc) is 2.27. The van der Waals surface area contributed by atoms with Gasteiger partial charge in [0.25, 0.3) is 0 Å². The van der Waals surface area contributed by atoms with Crippen LogP contribution in [0.2, 0.25) is 51.4 Å². The minimum absolute atomic E-state index is 0.0763. The summed E-state index contributed by atoms with van der Waals surface area (Å²) in [5.41, 5.74) is 1.13. The average molecular weight is 374 g/mol. The summed E-state index contributed by atoms with van der Waals surface area (Å²) in [5, 5.41) is 0.142. The second-order valence-corrected chi connectivity index (χ2v) is 21.2. The predicted octanol–water partition coefficient (Wildman–Crippen LogP) is 6.23. The number of allylic oxidation sites excluding steroid dienone is 1. The van der Waals surface area contributed by atoms with Crippen molar-refractivity contribution >= 4 is 38.7 Å². The Morgan fingerprint density at radius 1 is 1.00 bits per heavy atom. The first-order valence-electron chi connectivity index (χ1n) is 8.54. The Hall–Kier alpha value is -0.196. The lowest BCUT2D eigenvalue weighted by atomic mass is 9.91. The van der Waals surface area contributed by atoms with Crippen molar-refractivity contribution in [2.45, 2.75) is 78.6 Å². The molecule has 0 amide bonds. The highest BCUT2D eigenvalue weighted by Crippen LogP contribution is 2.25. The molecule has 0 heterocycles. The van der Waals surface area contributed by atoms with Gasteiger partial charge in [-0.3, -0.25) is 9.79 Å². The van der Waals surface area contributed by atoms with Gasteiger partial charge in [-0.05, 0) is 18.5 Å². The Bertz CT molecular complexity index is 445. The van der Waals surface area contributed by atoms with Gasteiger partial charge in [0.2, 0.25) is 0 Å². The molecular formula is C18H36ClNOSi2. The van der Waals surface area contributed by atoms with Crippen LogP contribution in [0.15, 0.2) is 16.6 Å². The van der Waals surface area contributed by atoms with Crippen molar-refractivity contribution in [2.75, 3.05) is 6.54 Å². The van der Waals surface area contributed by atoms with Gasteiger partial charge in [0.1, 0.15) is 0 Å². The maximum absolute atomic E-state index is 12.0. The standard InChI is InChI=1S/C18H36ClNOSi2/c1-18(2,3)16(21)17(19)20-12-10-11-15(13-22(4,5)6)14-23(7,8)9/h11H,10,12-14H2,1-9H3. The molecule has 0 aromatic rings. The molecule has 2 nitrogen and oxygen atoms in total. The number of nitrogens with zero attached hydrogens (tertiary/aromatic N) is 1. The van der Waals surface area contributed by atoms with Crippen molar-refractivity contribution < 1.29 is 4.79 Å². The predicted molar refractivity (Wildman–Crippen MR) is 112 cm³/mol. The molecule has 0 saturated carbocycles. The largest absolute Gasteiger partial charge is 0.291 e. The van der Waals surface area contributed by atoms with Gasteiger partial charge in [0.05, 0.1) is 0 Å². The van der Waals surface area contributed by atoms with Crippen LogP contribution in [-0.2, 0) is 4.79 Å². The van der Waals surface area contributed by atoms with Crippen molar-refractivity contribution in [3.63, 3.8) is 0 Å². The van der Waals surface area contributed by atoms with Crippen molar-refractivity contribution in [1.82, 2.24) is 0 Å². The van der Waals surface area contributed by atoms with Crippen molar-refractivity contribution in [3.8, 4) is 0 Å². The lowest BCUT2D eigenvalue weighted by Gasteiger charge is -2.24. The molecule has 0 N–H and O–H groups in total. The van der Waals surface area contributed by atoms with Crippen LogP contribution >= 0.6 is 11.6 Å². The smallest absolute Gasteiger partial charge is 0.197 e. The Morgan fingerprint density at radius 2 is 1.43 bits per heavy atom. The van der Waals surface area contributed by atoms with Gasteiger partial charge in [-0.15, -0.1) is 0 Å². The zero-order chi connectivity index (χ0) is 18.5. The summed E-state index contributed by atoms with van der Waals surface area (Å²) >= 11 is 6.04. The molecule has 23 heavy (non-hydrogen) atoms. The number of aliphatic imine (C=N–C) groups is 1. The van der Waals surface area contributed by atoms with E-state index < -0.39 is 21.6 Å². The van der Waals surface area contributed by atoms with Gasteiger partial charge in [-0.25, -0.2) is 0 Å². The molecule has 0 saturated heterocycles. The van der Waals surface area contributed by atoms with Crippen LogP contribution in [0.1, 0.15) is 27.2 Å². The zero-order valence-electron chi connectivity index (χ0n) is 16.6. The van der Waals surface area contributed by atoms with E-state index in [2.05, 4.69) is 50.4 Å². The fraction of sp³-hybridized carbons (Fsp3) is 0.778. The monoisotopic (exact) mass is 373 g/mol. The number of hydrogen-bond acceptors (Lipinski definition) is 2. The number of carbonyl (C=O) groups excluding carboxylic acids is 1. The Balaban J connectivity index is 4.82. The third kappa shape index (κ3) is 11.9. The number of Topliss-reactive ketones (excluding diaryl/α,β-unsaturated/α-hetero) is 1. The summed E-state index contributed by atoms with van der Waals surface area (Å²) in [6.45, 7) is 20.7. The van der Waals surface area contributed by atoms with E-state index in [0.717, 1.165) is 6.42 Å². The lowest BCUT2D eigenvalue weighted by molar-refractivity contribution is -0.119. The molecule has 0 spiro atoms. The van der Waals surface area contributed by atoms with E-state index in [4.69, 9.17) is 11.6 Å². The van der Waals surface area contributed by atoms with Crippen LogP contribution in [0.3, 0.4) is 0 Å². The molecule has 0 atom stereocenters. The Kier molecular flexibility index (Phi) is 8.69. The summed E-state index contributed by atoms with van der Waals surface area (Å²) in [5.74, 6) is -0.0763. The summed E-state index contributed by atoms with van der Waals surface area (Å²) in [7, 11) is -2.21. The van der Waals surface area contributed by atoms with Crippen LogP contribution in [0, 0.1) is 5.41 Å². The van der Waals surface area contributed by atoms with Crippen molar-refractivity contribution in [3.05, 3.63) is 11.6 Å².